The first-order valence-electron chi connectivity index (χ1n) is 4.87. The fraction of sp³-hybridized carbons (Fsp3) is 0.500. The number of aromatic nitrogens is 2. The number of rotatable bonds is 5. The van der Waals surface area contributed by atoms with Crippen LogP contribution in [-0.2, 0) is 16.1 Å². The number of carbonyl (C=O) groups is 1. The topological polar surface area (TPSA) is 79.9 Å². The van der Waals surface area contributed by atoms with Gasteiger partial charge in [-0.3, -0.25) is 4.79 Å². The van der Waals surface area contributed by atoms with Crippen molar-refractivity contribution in [2.45, 2.75) is 19.5 Å². The van der Waals surface area contributed by atoms with Crippen molar-refractivity contribution >= 4 is 5.91 Å². The summed E-state index contributed by atoms with van der Waals surface area (Å²) in [5.41, 5.74) is 0. The average Bonchev–Trinajstić information content (AvgIpc) is 2.65. The molecule has 86 valence electrons. The highest BCUT2D eigenvalue weighted by molar-refractivity contribution is 5.76. The molecule has 1 aromatic heterocycles. The number of methoxy groups -OCH3 is 1. The van der Waals surface area contributed by atoms with Crippen LogP contribution in [0.5, 0.6) is 0 Å². The van der Waals surface area contributed by atoms with Gasteiger partial charge in [0.15, 0.2) is 0 Å². The standard InChI is InChI=1S/C10H14N4O2/c1-8(7-16-2)13-10(15)6-14-4-3-12-9(14)5-11/h3-4,8H,6-7H2,1-2H3,(H,13,15). The smallest absolute Gasteiger partial charge is 0.240 e. The van der Waals surface area contributed by atoms with Crippen molar-refractivity contribution in [2.75, 3.05) is 13.7 Å². The molecule has 0 aliphatic heterocycles. The Bertz CT molecular complexity index is 394. The van der Waals surface area contributed by atoms with E-state index in [2.05, 4.69) is 10.3 Å². The summed E-state index contributed by atoms with van der Waals surface area (Å²) in [6, 6.07) is 1.86. The third-order valence-corrected chi connectivity index (χ3v) is 1.95. The molecular formula is C10H14N4O2. The maximum Gasteiger partial charge on any atom is 0.240 e. The number of ether oxygens (including phenoxy) is 1. The van der Waals surface area contributed by atoms with Gasteiger partial charge in [0.2, 0.25) is 11.7 Å². The predicted octanol–water partition coefficient (Wildman–Crippen LogP) is -0.0941. The van der Waals surface area contributed by atoms with Crippen LogP contribution in [0, 0.1) is 11.3 Å². The number of imidazole rings is 1. The zero-order valence-electron chi connectivity index (χ0n) is 9.30. The molecule has 6 nitrogen and oxygen atoms in total. The van der Waals surface area contributed by atoms with Gasteiger partial charge in [-0.05, 0) is 6.92 Å². The molecule has 0 spiro atoms. The summed E-state index contributed by atoms with van der Waals surface area (Å²) in [6.07, 6.45) is 3.09. The van der Waals surface area contributed by atoms with E-state index in [9.17, 15) is 4.79 Å². The van der Waals surface area contributed by atoms with E-state index >= 15 is 0 Å². The molecule has 1 amide bonds. The molecule has 0 aliphatic rings. The van der Waals surface area contributed by atoms with Gasteiger partial charge in [-0.2, -0.15) is 5.26 Å². The van der Waals surface area contributed by atoms with E-state index in [1.165, 1.54) is 10.8 Å². The molecule has 0 fully saturated rings. The van der Waals surface area contributed by atoms with Crippen LogP contribution in [-0.4, -0.2) is 35.2 Å². The van der Waals surface area contributed by atoms with Crippen LogP contribution < -0.4 is 5.32 Å². The van der Waals surface area contributed by atoms with Gasteiger partial charge in [0.05, 0.1) is 6.61 Å². The number of nitrogens with one attached hydrogen (secondary N) is 1. The fourth-order valence-electron chi connectivity index (χ4n) is 1.32. The molecule has 1 rings (SSSR count). The molecule has 1 atom stereocenters. The van der Waals surface area contributed by atoms with E-state index in [0.717, 1.165) is 0 Å². The highest BCUT2D eigenvalue weighted by atomic mass is 16.5. The van der Waals surface area contributed by atoms with E-state index in [-0.39, 0.29) is 24.3 Å². The van der Waals surface area contributed by atoms with Gasteiger partial charge in [-0.15, -0.1) is 0 Å². The summed E-state index contributed by atoms with van der Waals surface area (Å²) in [4.78, 5) is 15.3. The van der Waals surface area contributed by atoms with E-state index < -0.39 is 0 Å². The predicted molar refractivity (Wildman–Crippen MR) is 56.4 cm³/mol. The van der Waals surface area contributed by atoms with Crippen molar-refractivity contribution < 1.29 is 9.53 Å². The second-order valence-corrected chi connectivity index (χ2v) is 3.41. The first kappa shape index (κ1) is 12.2. The zero-order chi connectivity index (χ0) is 12.0. The normalized spacial score (nSPS) is 11.8. The Hall–Kier alpha value is -1.87. The quantitative estimate of drug-likeness (QED) is 0.754. The van der Waals surface area contributed by atoms with Crippen molar-refractivity contribution in [3.63, 3.8) is 0 Å². The van der Waals surface area contributed by atoms with Crippen LogP contribution in [0.15, 0.2) is 12.4 Å². The minimum Gasteiger partial charge on any atom is -0.383 e. The van der Waals surface area contributed by atoms with Gasteiger partial charge < -0.3 is 14.6 Å². The maximum atomic E-state index is 11.5. The number of nitrogens with zero attached hydrogens (tertiary/aromatic N) is 3. The third kappa shape index (κ3) is 3.37. The van der Waals surface area contributed by atoms with Crippen LogP contribution in [0.1, 0.15) is 12.7 Å². The molecule has 0 saturated carbocycles. The highest BCUT2D eigenvalue weighted by Crippen LogP contribution is 1.95. The monoisotopic (exact) mass is 222 g/mol. The SMILES string of the molecule is COCC(C)NC(=O)Cn1ccnc1C#N. The van der Waals surface area contributed by atoms with Crippen molar-refractivity contribution in [1.82, 2.24) is 14.9 Å². The lowest BCUT2D eigenvalue weighted by molar-refractivity contribution is -0.122. The molecule has 1 aromatic rings. The largest absolute Gasteiger partial charge is 0.383 e. The number of hydrogen-bond donors (Lipinski definition) is 1. The summed E-state index contributed by atoms with van der Waals surface area (Å²) in [6.45, 7) is 2.40. The zero-order valence-corrected chi connectivity index (χ0v) is 9.30. The fourth-order valence-corrected chi connectivity index (χ4v) is 1.32. The minimum absolute atomic E-state index is 0.0495. The Labute approximate surface area is 93.8 Å². The molecule has 1 unspecified atom stereocenters. The van der Waals surface area contributed by atoms with Gasteiger partial charge in [0.25, 0.3) is 0 Å². The van der Waals surface area contributed by atoms with Crippen LogP contribution >= 0.6 is 0 Å². The number of amides is 1. The molecule has 0 radical (unpaired) electrons. The Morgan fingerprint density at radius 3 is 3.19 bits per heavy atom. The van der Waals surface area contributed by atoms with Crippen molar-refractivity contribution in [3.05, 3.63) is 18.2 Å². The molecule has 0 saturated heterocycles. The summed E-state index contributed by atoms with van der Waals surface area (Å²) in [5.74, 6) is 0.0635. The molecule has 1 heterocycles. The highest BCUT2D eigenvalue weighted by Gasteiger charge is 2.09. The molecule has 0 bridgehead atoms. The Kier molecular flexibility index (Phi) is 4.48. The van der Waals surface area contributed by atoms with Crippen LogP contribution in [0.3, 0.4) is 0 Å². The lowest BCUT2D eigenvalue weighted by Gasteiger charge is -2.12. The second-order valence-electron chi connectivity index (χ2n) is 3.41. The van der Waals surface area contributed by atoms with E-state index in [1.807, 2.05) is 13.0 Å². The van der Waals surface area contributed by atoms with Crippen molar-refractivity contribution in [2.24, 2.45) is 0 Å². The summed E-state index contributed by atoms with van der Waals surface area (Å²) in [7, 11) is 1.58. The average molecular weight is 222 g/mol. The van der Waals surface area contributed by atoms with Crippen LogP contribution in [0.25, 0.3) is 0 Å². The van der Waals surface area contributed by atoms with E-state index in [4.69, 9.17) is 10.00 Å². The summed E-state index contributed by atoms with van der Waals surface area (Å²) in [5, 5.41) is 11.4. The first-order valence-corrected chi connectivity index (χ1v) is 4.87. The molecule has 6 heteroatoms. The number of hydrogen-bond acceptors (Lipinski definition) is 4. The molecule has 16 heavy (non-hydrogen) atoms. The minimum atomic E-state index is -0.168. The molecule has 1 N–H and O–H groups in total. The summed E-state index contributed by atoms with van der Waals surface area (Å²) < 4.78 is 6.39. The van der Waals surface area contributed by atoms with Crippen LogP contribution in [0.2, 0.25) is 0 Å². The van der Waals surface area contributed by atoms with Gasteiger partial charge >= 0.3 is 0 Å². The Morgan fingerprint density at radius 1 is 1.81 bits per heavy atom. The summed E-state index contributed by atoms with van der Waals surface area (Å²) >= 11 is 0. The van der Waals surface area contributed by atoms with Gasteiger partial charge in [0.1, 0.15) is 12.6 Å². The van der Waals surface area contributed by atoms with Crippen molar-refractivity contribution in [1.29, 1.82) is 5.26 Å². The Balaban J connectivity index is 2.49. The Morgan fingerprint density at radius 2 is 2.56 bits per heavy atom. The van der Waals surface area contributed by atoms with Crippen LogP contribution in [0.4, 0.5) is 0 Å². The first-order chi connectivity index (χ1) is 7.67. The maximum absolute atomic E-state index is 11.5. The van der Waals surface area contributed by atoms with Crippen molar-refractivity contribution in [3.8, 4) is 6.07 Å². The molecule has 0 aliphatic carbocycles. The second kappa shape index (κ2) is 5.88. The third-order valence-electron chi connectivity index (χ3n) is 1.95. The lowest BCUT2D eigenvalue weighted by atomic mass is 10.3. The lowest BCUT2D eigenvalue weighted by Crippen LogP contribution is -2.37. The number of nitriles is 1. The van der Waals surface area contributed by atoms with Gasteiger partial charge in [-0.1, -0.05) is 0 Å². The molecular weight excluding hydrogens is 208 g/mol. The van der Waals surface area contributed by atoms with Gasteiger partial charge in [0, 0.05) is 25.5 Å². The van der Waals surface area contributed by atoms with E-state index in [0.29, 0.717) is 6.61 Å². The molecule has 0 aromatic carbocycles. The van der Waals surface area contributed by atoms with Gasteiger partial charge in [-0.25, -0.2) is 4.98 Å². The number of carbonyl (C=O) groups excluding carboxylic acids is 1. The van der Waals surface area contributed by atoms with E-state index in [1.54, 1.807) is 13.3 Å².